The molecule has 88 valence electrons. The molecule has 1 aliphatic carbocycles. The van der Waals surface area contributed by atoms with Gasteiger partial charge in [0.1, 0.15) is 0 Å². The highest BCUT2D eigenvalue weighted by Crippen LogP contribution is 2.28. The summed E-state index contributed by atoms with van der Waals surface area (Å²) in [6.45, 7) is 4.51. The van der Waals surface area contributed by atoms with E-state index >= 15 is 0 Å². The molecule has 1 saturated carbocycles. The molecule has 0 heterocycles. The normalized spacial score (nSPS) is 29.1. The lowest BCUT2D eigenvalue weighted by Gasteiger charge is -2.38. The maximum absolute atomic E-state index is 5.78. The molecule has 3 atom stereocenters. The molecular weight excluding hydrogens is 204 g/mol. The van der Waals surface area contributed by atoms with Crippen LogP contribution in [0.3, 0.4) is 0 Å². The summed E-state index contributed by atoms with van der Waals surface area (Å²) in [6, 6.07) is 0.968. The largest absolute Gasteiger partial charge is 0.392 e. The van der Waals surface area contributed by atoms with Crippen molar-refractivity contribution in [1.82, 2.24) is 4.90 Å². The number of likely N-dealkylation sites (N-methyl/N-ethyl adjacent to an activating group) is 1. The molecule has 0 aliphatic heterocycles. The third-order valence-electron chi connectivity index (χ3n) is 3.69. The zero-order valence-corrected chi connectivity index (χ0v) is 11.0. The van der Waals surface area contributed by atoms with Crippen molar-refractivity contribution in [2.24, 2.45) is 11.7 Å². The van der Waals surface area contributed by atoms with Crippen LogP contribution in [0.4, 0.5) is 0 Å². The first kappa shape index (κ1) is 12.9. The molecular formula is C12H24N2S. The summed E-state index contributed by atoms with van der Waals surface area (Å²) in [5.41, 5.74) is 5.78. The summed E-state index contributed by atoms with van der Waals surface area (Å²) in [4.78, 5) is 3.05. The first-order valence-electron chi connectivity index (χ1n) is 6.07. The molecule has 15 heavy (non-hydrogen) atoms. The fraction of sp³-hybridized carbons (Fsp3) is 0.917. The molecule has 0 radical (unpaired) electrons. The Hall–Kier alpha value is -0.150. The second-order valence-electron chi connectivity index (χ2n) is 4.92. The van der Waals surface area contributed by atoms with Crippen LogP contribution in [0.2, 0.25) is 0 Å². The number of rotatable bonds is 4. The zero-order valence-electron chi connectivity index (χ0n) is 10.2. The van der Waals surface area contributed by atoms with E-state index in [0.29, 0.717) is 11.0 Å². The lowest BCUT2D eigenvalue weighted by Crippen LogP contribution is -2.47. The summed E-state index contributed by atoms with van der Waals surface area (Å²) in [5, 5.41) is 0. The summed E-state index contributed by atoms with van der Waals surface area (Å²) in [7, 11) is 2.18. The van der Waals surface area contributed by atoms with Gasteiger partial charge in [0, 0.05) is 6.04 Å². The monoisotopic (exact) mass is 228 g/mol. The van der Waals surface area contributed by atoms with Crippen molar-refractivity contribution in [2.45, 2.75) is 58.0 Å². The minimum absolute atomic E-state index is 0.287. The van der Waals surface area contributed by atoms with Gasteiger partial charge in [0.2, 0.25) is 0 Å². The van der Waals surface area contributed by atoms with Crippen LogP contribution in [0.25, 0.3) is 0 Å². The van der Waals surface area contributed by atoms with Gasteiger partial charge in [0.05, 0.1) is 11.0 Å². The molecule has 0 spiro atoms. The third kappa shape index (κ3) is 3.42. The van der Waals surface area contributed by atoms with Gasteiger partial charge in [0.15, 0.2) is 0 Å². The van der Waals surface area contributed by atoms with Crippen molar-refractivity contribution in [2.75, 3.05) is 7.05 Å². The van der Waals surface area contributed by atoms with Crippen LogP contribution in [0, 0.1) is 5.92 Å². The van der Waals surface area contributed by atoms with Crippen molar-refractivity contribution in [3.63, 3.8) is 0 Å². The Labute approximate surface area is 99.2 Å². The maximum Gasteiger partial charge on any atom is 0.0901 e. The lowest BCUT2D eigenvalue weighted by molar-refractivity contribution is 0.143. The van der Waals surface area contributed by atoms with Crippen molar-refractivity contribution in [3.8, 4) is 0 Å². The maximum atomic E-state index is 5.78. The Balaban J connectivity index is 2.57. The van der Waals surface area contributed by atoms with E-state index in [4.69, 9.17) is 18.0 Å². The van der Waals surface area contributed by atoms with Gasteiger partial charge in [-0.2, -0.15) is 0 Å². The van der Waals surface area contributed by atoms with E-state index in [1.54, 1.807) is 0 Å². The van der Waals surface area contributed by atoms with Gasteiger partial charge < -0.3 is 5.73 Å². The Morgan fingerprint density at radius 3 is 2.67 bits per heavy atom. The van der Waals surface area contributed by atoms with E-state index in [-0.39, 0.29) is 6.04 Å². The molecule has 0 bridgehead atoms. The number of nitrogens with zero attached hydrogens (tertiary/aromatic N) is 1. The smallest absolute Gasteiger partial charge is 0.0901 e. The summed E-state index contributed by atoms with van der Waals surface area (Å²) >= 11 is 5.13. The zero-order chi connectivity index (χ0) is 11.4. The van der Waals surface area contributed by atoms with Crippen LogP contribution in [-0.2, 0) is 0 Å². The average molecular weight is 228 g/mol. The molecule has 2 nitrogen and oxygen atoms in total. The van der Waals surface area contributed by atoms with Crippen LogP contribution < -0.4 is 5.73 Å². The third-order valence-corrected chi connectivity index (χ3v) is 3.96. The Morgan fingerprint density at radius 1 is 1.53 bits per heavy atom. The lowest BCUT2D eigenvalue weighted by atomic mass is 9.86. The Kier molecular flexibility index (Phi) is 5.00. The first-order valence-corrected chi connectivity index (χ1v) is 6.48. The quantitative estimate of drug-likeness (QED) is 0.750. The van der Waals surface area contributed by atoms with E-state index in [2.05, 4.69) is 25.8 Å². The molecule has 0 saturated heterocycles. The van der Waals surface area contributed by atoms with E-state index < -0.39 is 0 Å². The number of thiocarbonyl (C=S) groups is 1. The summed E-state index contributed by atoms with van der Waals surface area (Å²) in [5.74, 6) is 0.857. The molecule has 0 aromatic rings. The number of hydrogen-bond acceptors (Lipinski definition) is 2. The summed E-state index contributed by atoms with van der Waals surface area (Å²) in [6.07, 6.45) is 6.37. The fourth-order valence-electron chi connectivity index (χ4n) is 2.72. The summed E-state index contributed by atoms with van der Waals surface area (Å²) < 4.78 is 0. The minimum Gasteiger partial charge on any atom is -0.392 e. The van der Waals surface area contributed by atoms with Crippen molar-refractivity contribution in [3.05, 3.63) is 0 Å². The Bertz CT molecular complexity index is 218. The molecule has 3 unspecified atom stereocenters. The second kappa shape index (κ2) is 5.80. The van der Waals surface area contributed by atoms with Gasteiger partial charge in [-0.25, -0.2) is 0 Å². The highest BCUT2D eigenvalue weighted by atomic mass is 32.1. The molecule has 1 aliphatic rings. The van der Waals surface area contributed by atoms with Crippen molar-refractivity contribution >= 4 is 17.2 Å². The van der Waals surface area contributed by atoms with Crippen LogP contribution in [0.5, 0.6) is 0 Å². The molecule has 2 N–H and O–H groups in total. The first-order chi connectivity index (χ1) is 7.06. The van der Waals surface area contributed by atoms with Gasteiger partial charge in [0.25, 0.3) is 0 Å². The standard InChI is InChI=1S/C12H24N2S/c1-4-11(12(13)15)14(3)10-7-5-6-9(2)8-10/h9-11H,4-8H2,1-3H3,(H2,13,15). The average Bonchev–Trinajstić information content (AvgIpc) is 2.18. The van der Waals surface area contributed by atoms with Gasteiger partial charge in [-0.05, 0) is 32.2 Å². The fourth-order valence-corrected chi connectivity index (χ4v) is 3.05. The molecule has 1 rings (SSSR count). The van der Waals surface area contributed by atoms with E-state index in [9.17, 15) is 0 Å². The molecule has 0 amide bonds. The van der Waals surface area contributed by atoms with Crippen LogP contribution in [-0.4, -0.2) is 29.0 Å². The molecule has 0 aromatic carbocycles. The van der Waals surface area contributed by atoms with Crippen LogP contribution in [0.15, 0.2) is 0 Å². The SMILES string of the molecule is CCC(C(N)=S)N(C)C1CCCC(C)C1. The predicted molar refractivity (Wildman–Crippen MR) is 70.0 cm³/mol. The van der Waals surface area contributed by atoms with Crippen molar-refractivity contribution in [1.29, 1.82) is 0 Å². The molecule has 3 heteroatoms. The van der Waals surface area contributed by atoms with E-state index in [0.717, 1.165) is 12.3 Å². The van der Waals surface area contributed by atoms with Crippen LogP contribution >= 0.6 is 12.2 Å². The minimum atomic E-state index is 0.287. The topological polar surface area (TPSA) is 29.3 Å². The van der Waals surface area contributed by atoms with Gasteiger partial charge in [-0.1, -0.05) is 38.9 Å². The van der Waals surface area contributed by atoms with E-state index in [1.165, 1.54) is 25.7 Å². The van der Waals surface area contributed by atoms with Gasteiger partial charge in [-0.3, -0.25) is 4.90 Å². The van der Waals surface area contributed by atoms with Gasteiger partial charge in [-0.15, -0.1) is 0 Å². The second-order valence-corrected chi connectivity index (χ2v) is 5.39. The highest BCUT2D eigenvalue weighted by Gasteiger charge is 2.27. The van der Waals surface area contributed by atoms with Crippen LogP contribution in [0.1, 0.15) is 46.0 Å². The Morgan fingerprint density at radius 2 is 2.20 bits per heavy atom. The van der Waals surface area contributed by atoms with E-state index in [1.807, 2.05) is 0 Å². The number of nitrogens with two attached hydrogens (primary N) is 1. The van der Waals surface area contributed by atoms with Crippen molar-refractivity contribution < 1.29 is 0 Å². The predicted octanol–water partition coefficient (Wildman–Crippen LogP) is 2.56. The van der Waals surface area contributed by atoms with Gasteiger partial charge >= 0.3 is 0 Å². The highest BCUT2D eigenvalue weighted by molar-refractivity contribution is 7.80. The number of hydrogen-bond donors (Lipinski definition) is 1. The molecule has 0 aromatic heterocycles. The molecule has 1 fully saturated rings.